The second-order valence-electron chi connectivity index (χ2n) is 8.25. The number of rotatable bonds is 10. The second kappa shape index (κ2) is 11.2. The van der Waals surface area contributed by atoms with Gasteiger partial charge in [0.05, 0.1) is 6.61 Å². The van der Waals surface area contributed by atoms with Gasteiger partial charge in [0.1, 0.15) is 12.4 Å². The van der Waals surface area contributed by atoms with E-state index < -0.39 is 21.9 Å². The third-order valence-electron chi connectivity index (χ3n) is 5.63. The zero-order valence-corrected chi connectivity index (χ0v) is 20.4. The van der Waals surface area contributed by atoms with Gasteiger partial charge in [-0.15, -0.1) is 0 Å². The summed E-state index contributed by atoms with van der Waals surface area (Å²) in [4.78, 5) is 53.2. The molecule has 1 saturated heterocycles. The van der Waals surface area contributed by atoms with Crippen LogP contribution in [0, 0.1) is 0 Å². The van der Waals surface area contributed by atoms with Crippen LogP contribution in [0.3, 0.4) is 0 Å². The van der Waals surface area contributed by atoms with Crippen LogP contribution in [-0.2, 0) is 33.8 Å². The highest BCUT2D eigenvalue weighted by Crippen LogP contribution is 2.37. The lowest BCUT2D eigenvalue weighted by Crippen LogP contribution is -2.46. The number of esters is 1. The number of ketones is 1. The van der Waals surface area contributed by atoms with E-state index in [0.717, 1.165) is 11.3 Å². The number of hydrogen-bond acceptors (Lipinski definition) is 8. The number of amides is 2. The van der Waals surface area contributed by atoms with Crippen molar-refractivity contribution >= 4 is 34.7 Å². The van der Waals surface area contributed by atoms with Crippen molar-refractivity contribution in [2.45, 2.75) is 31.1 Å². The van der Waals surface area contributed by atoms with Gasteiger partial charge in [0.25, 0.3) is 11.1 Å². The molecular formula is C27H24N2O6S. The van der Waals surface area contributed by atoms with Crippen LogP contribution >= 0.6 is 11.8 Å². The number of thioether (sulfide) groups is 1. The van der Waals surface area contributed by atoms with Gasteiger partial charge in [0, 0.05) is 30.3 Å². The van der Waals surface area contributed by atoms with E-state index in [1.165, 1.54) is 6.92 Å². The number of nitrogens with one attached hydrogen (secondary N) is 1. The molecule has 1 atom stereocenters. The maximum atomic E-state index is 13.0. The predicted molar refractivity (Wildman–Crippen MR) is 134 cm³/mol. The normalized spacial score (nSPS) is 16.9. The Morgan fingerprint density at radius 3 is 2.33 bits per heavy atom. The van der Waals surface area contributed by atoms with Gasteiger partial charge in [-0.1, -0.05) is 42.5 Å². The molecule has 2 amide bonds. The Hall–Kier alpha value is -3.98. The van der Waals surface area contributed by atoms with Crippen molar-refractivity contribution in [2.75, 3.05) is 6.61 Å². The Kier molecular flexibility index (Phi) is 7.80. The minimum atomic E-state index is -1.69. The number of nitrogens with zero attached hydrogens (tertiary/aromatic N) is 1. The summed E-state index contributed by atoms with van der Waals surface area (Å²) in [5.41, 5.74) is 2.83. The summed E-state index contributed by atoms with van der Waals surface area (Å²) in [5, 5.41) is 1.62. The Morgan fingerprint density at radius 1 is 0.972 bits per heavy atom. The molecule has 9 heteroatoms. The quantitative estimate of drug-likeness (QED) is 0.251. The third-order valence-corrected chi connectivity index (χ3v) is 6.76. The van der Waals surface area contributed by atoms with Gasteiger partial charge in [-0.05, 0) is 54.1 Å². The minimum absolute atomic E-state index is 0.00255. The highest BCUT2D eigenvalue weighted by molar-refractivity contribution is 8.16. The number of carbonyl (C=O) groups excluding carboxylic acids is 4. The number of carbonyl (C=O) groups is 4. The highest BCUT2D eigenvalue weighted by Gasteiger charge is 2.55. The lowest BCUT2D eigenvalue weighted by molar-refractivity contribution is -0.150. The minimum Gasteiger partial charge on any atom is -0.493 e. The number of Topliss-reactive ketones (excluding diaryl/α,β-unsaturated/α-hetero) is 1. The fraction of sp³-hybridized carbons (Fsp3) is 0.222. The molecule has 1 fully saturated rings. The van der Waals surface area contributed by atoms with Gasteiger partial charge in [-0.25, -0.2) is 4.79 Å². The molecule has 36 heavy (non-hydrogen) atoms. The number of hydrogen-bond donors (Lipinski definition) is 1. The van der Waals surface area contributed by atoms with Gasteiger partial charge in [-0.3, -0.25) is 24.7 Å². The van der Waals surface area contributed by atoms with E-state index in [4.69, 9.17) is 9.47 Å². The van der Waals surface area contributed by atoms with E-state index in [0.29, 0.717) is 41.7 Å². The molecule has 0 bridgehead atoms. The zero-order valence-electron chi connectivity index (χ0n) is 19.6. The predicted octanol–water partition coefficient (Wildman–Crippen LogP) is 3.91. The summed E-state index contributed by atoms with van der Waals surface area (Å²) in [6.07, 6.45) is 2.11. The molecule has 2 heterocycles. The average Bonchev–Trinajstić information content (AvgIpc) is 3.17. The van der Waals surface area contributed by atoms with E-state index in [1.807, 2.05) is 30.3 Å². The van der Waals surface area contributed by atoms with Gasteiger partial charge < -0.3 is 9.47 Å². The lowest BCUT2D eigenvalue weighted by Gasteiger charge is -2.22. The molecule has 3 aromatic rings. The van der Waals surface area contributed by atoms with Crippen molar-refractivity contribution < 1.29 is 28.7 Å². The van der Waals surface area contributed by atoms with E-state index >= 15 is 0 Å². The van der Waals surface area contributed by atoms with Crippen molar-refractivity contribution in [3.8, 4) is 5.75 Å². The molecule has 2 aromatic carbocycles. The van der Waals surface area contributed by atoms with Crippen LogP contribution in [0.25, 0.3) is 0 Å². The third kappa shape index (κ3) is 5.98. The molecule has 184 valence electrons. The summed E-state index contributed by atoms with van der Waals surface area (Å²) >= 11 is 0.644. The van der Waals surface area contributed by atoms with Crippen molar-refractivity contribution in [2.24, 2.45) is 0 Å². The smallest absolute Gasteiger partial charge is 0.333 e. The van der Waals surface area contributed by atoms with Crippen LogP contribution in [0.1, 0.15) is 34.1 Å². The van der Waals surface area contributed by atoms with Crippen LogP contribution in [-0.4, -0.2) is 39.2 Å². The first-order chi connectivity index (χ1) is 17.4. The lowest BCUT2D eigenvalue weighted by atomic mass is 9.97. The fourth-order valence-electron chi connectivity index (χ4n) is 3.63. The molecule has 0 spiro atoms. The maximum absolute atomic E-state index is 13.0. The average molecular weight is 505 g/mol. The molecule has 0 radical (unpaired) electrons. The summed E-state index contributed by atoms with van der Waals surface area (Å²) < 4.78 is 9.51. The standard InChI is InChI=1S/C27H24N2O6S/c1-18(30)21-9-10-22(28-16-21)13-14-34-23-11-7-19(8-12-23)15-27(24(31)29-26(33)36-27)25(32)35-17-20-5-3-2-4-6-20/h2-12,16H,13-15,17H2,1H3,(H,29,31,33)/t27-/m0/s1. The molecule has 1 aromatic heterocycles. The van der Waals surface area contributed by atoms with E-state index in [9.17, 15) is 19.2 Å². The van der Waals surface area contributed by atoms with Gasteiger partial charge >= 0.3 is 5.97 Å². The zero-order chi connectivity index (χ0) is 25.5. The Labute approximate surface area is 212 Å². The number of benzene rings is 2. The van der Waals surface area contributed by atoms with E-state index in [1.54, 1.807) is 42.6 Å². The van der Waals surface area contributed by atoms with Crippen LogP contribution < -0.4 is 10.1 Å². The van der Waals surface area contributed by atoms with Crippen molar-refractivity contribution in [1.29, 1.82) is 0 Å². The van der Waals surface area contributed by atoms with E-state index in [-0.39, 0.29) is 18.8 Å². The molecule has 4 rings (SSSR count). The van der Waals surface area contributed by atoms with Crippen molar-refractivity contribution in [3.63, 3.8) is 0 Å². The van der Waals surface area contributed by atoms with Gasteiger partial charge in [-0.2, -0.15) is 0 Å². The first-order valence-electron chi connectivity index (χ1n) is 11.3. The van der Waals surface area contributed by atoms with Crippen LogP contribution in [0.2, 0.25) is 0 Å². The van der Waals surface area contributed by atoms with Crippen molar-refractivity contribution in [1.82, 2.24) is 10.3 Å². The molecule has 0 saturated carbocycles. The molecule has 1 aliphatic heterocycles. The largest absolute Gasteiger partial charge is 0.493 e. The topological polar surface area (TPSA) is 112 Å². The number of ether oxygens (including phenoxy) is 2. The molecule has 1 N–H and O–H groups in total. The summed E-state index contributed by atoms with van der Waals surface area (Å²) in [5.74, 6) is -0.864. The summed E-state index contributed by atoms with van der Waals surface area (Å²) in [7, 11) is 0. The van der Waals surface area contributed by atoms with Crippen LogP contribution in [0.15, 0.2) is 72.9 Å². The fourth-order valence-corrected chi connectivity index (χ4v) is 4.62. The van der Waals surface area contributed by atoms with Crippen molar-refractivity contribution in [3.05, 3.63) is 95.3 Å². The first-order valence-corrected chi connectivity index (χ1v) is 12.1. The maximum Gasteiger partial charge on any atom is 0.333 e. The molecule has 0 aliphatic carbocycles. The van der Waals surface area contributed by atoms with Gasteiger partial charge in [0.15, 0.2) is 5.78 Å². The SMILES string of the molecule is CC(=O)c1ccc(CCOc2ccc(C[C@]3(C(=O)OCc4ccccc4)SC(=O)NC3=O)cc2)nc1. The summed E-state index contributed by atoms with van der Waals surface area (Å²) in [6.45, 7) is 1.88. The summed E-state index contributed by atoms with van der Waals surface area (Å²) in [6, 6.07) is 19.6. The second-order valence-corrected chi connectivity index (χ2v) is 9.52. The van der Waals surface area contributed by atoms with Crippen LogP contribution in [0.5, 0.6) is 5.75 Å². The molecule has 1 aliphatic rings. The Bertz CT molecular complexity index is 1260. The molecule has 0 unspecified atom stereocenters. The van der Waals surface area contributed by atoms with Gasteiger partial charge in [0.2, 0.25) is 4.75 Å². The molecular weight excluding hydrogens is 480 g/mol. The van der Waals surface area contributed by atoms with Crippen LogP contribution in [0.4, 0.5) is 4.79 Å². The monoisotopic (exact) mass is 504 g/mol. The highest BCUT2D eigenvalue weighted by atomic mass is 32.2. The number of aromatic nitrogens is 1. The van der Waals surface area contributed by atoms with E-state index in [2.05, 4.69) is 10.3 Å². The molecule has 8 nitrogen and oxygen atoms in total. The Balaban J connectivity index is 1.37. The number of imide groups is 1. The number of pyridine rings is 1. The first kappa shape index (κ1) is 25.1. The Morgan fingerprint density at radius 2 is 1.72 bits per heavy atom.